The molecule has 6 heteroatoms. The molecule has 0 aromatic carbocycles. The Hall–Kier alpha value is -0.845. The van der Waals surface area contributed by atoms with Gasteiger partial charge < -0.3 is 14.0 Å². The van der Waals surface area contributed by atoms with E-state index in [2.05, 4.69) is 5.10 Å². The first kappa shape index (κ1) is 11.3. The summed E-state index contributed by atoms with van der Waals surface area (Å²) in [6.45, 7) is 2.32. The Morgan fingerprint density at radius 3 is 2.82 bits per heavy atom. The first-order chi connectivity index (χ1) is 8.45. The molecule has 2 saturated heterocycles. The van der Waals surface area contributed by atoms with Crippen LogP contribution in [0, 0.1) is 0 Å². The number of hydrogen-bond acceptors (Lipinski definition) is 4. The predicted molar refractivity (Wildman–Crippen MR) is 63.0 cm³/mol. The lowest BCUT2D eigenvalue weighted by Gasteiger charge is -2.27. The van der Waals surface area contributed by atoms with Crippen LogP contribution < -0.4 is 5.59 Å². The maximum Gasteiger partial charge on any atom is 0.513 e. The largest absolute Gasteiger partial charge is 0.513 e. The standard InChI is InChI=1S/C11H17BN2O3/c1-2-7-15-11(4-1)14-10(5-6-13-14)12-16-8-3-9-17-12/h5-6,11H,1-4,7-9H2. The van der Waals surface area contributed by atoms with Gasteiger partial charge in [-0.05, 0) is 31.7 Å². The van der Waals surface area contributed by atoms with E-state index in [1.54, 1.807) is 6.20 Å². The molecule has 3 heterocycles. The van der Waals surface area contributed by atoms with Crippen molar-refractivity contribution in [2.75, 3.05) is 19.8 Å². The molecular formula is C11H17BN2O3. The van der Waals surface area contributed by atoms with Crippen molar-refractivity contribution in [3.8, 4) is 0 Å². The fourth-order valence-corrected chi connectivity index (χ4v) is 2.33. The van der Waals surface area contributed by atoms with Gasteiger partial charge in [-0.25, -0.2) is 4.68 Å². The van der Waals surface area contributed by atoms with E-state index in [4.69, 9.17) is 14.0 Å². The van der Waals surface area contributed by atoms with Crippen LogP contribution in [0.3, 0.4) is 0 Å². The van der Waals surface area contributed by atoms with Crippen molar-refractivity contribution in [1.82, 2.24) is 9.78 Å². The van der Waals surface area contributed by atoms with Crippen molar-refractivity contribution >= 4 is 12.7 Å². The fourth-order valence-electron chi connectivity index (χ4n) is 2.33. The highest BCUT2D eigenvalue weighted by Crippen LogP contribution is 2.21. The molecule has 17 heavy (non-hydrogen) atoms. The van der Waals surface area contributed by atoms with Gasteiger partial charge in [0, 0.05) is 26.0 Å². The minimum atomic E-state index is -0.281. The average molecular weight is 236 g/mol. The molecule has 92 valence electrons. The van der Waals surface area contributed by atoms with Crippen molar-refractivity contribution in [2.45, 2.75) is 31.9 Å². The molecule has 0 amide bonds. The van der Waals surface area contributed by atoms with E-state index in [1.807, 2.05) is 10.7 Å². The molecule has 0 saturated carbocycles. The second-order valence-corrected chi connectivity index (χ2v) is 4.45. The number of nitrogens with zero attached hydrogens (tertiary/aromatic N) is 2. The lowest BCUT2D eigenvalue weighted by molar-refractivity contribution is -0.0382. The van der Waals surface area contributed by atoms with Crippen LogP contribution in [-0.4, -0.2) is 36.7 Å². The molecule has 5 nitrogen and oxygen atoms in total. The molecule has 1 aromatic heterocycles. The van der Waals surface area contributed by atoms with Crippen molar-refractivity contribution in [2.24, 2.45) is 0 Å². The van der Waals surface area contributed by atoms with E-state index in [1.165, 1.54) is 6.42 Å². The van der Waals surface area contributed by atoms with Gasteiger partial charge in [-0.15, -0.1) is 0 Å². The molecule has 0 spiro atoms. The highest BCUT2D eigenvalue weighted by Gasteiger charge is 2.31. The minimum Gasteiger partial charge on any atom is -0.406 e. The van der Waals surface area contributed by atoms with Crippen LogP contribution in [0.5, 0.6) is 0 Å². The molecule has 1 unspecified atom stereocenters. The van der Waals surface area contributed by atoms with Crippen LogP contribution in [-0.2, 0) is 14.0 Å². The Labute approximate surface area is 101 Å². The molecule has 0 aliphatic carbocycles. The Balaban J connectivity index is 1.77. The summed E-state index contributed by atoms with van der Waals surface area (Å²) >= 11 is 0. The summed E-state index contributed by atoms with van der Waals surface area (Å²) in [5.74, 6) is 0. The summed E-state index contributed by atoms with van der Waals surface area (Å²) in [7, 11) is -0.281. The van der Waals surface area contributed by atoms with E-state index in [-0.39, 0.29) is 13.3 Å². The molecule has 3 rings (SSSR count). The van der Waals surface area contributed by atoms with Gasteiger partial charge in [0.05, 0.1) is 5.59 Å². The summed E-state index contributed by atoms with van der Waals surface area (Å²) in [5, 5.41) is 4.35. The van der Waals surface area contributed by atoms with Crippen LogP contribution in [0.1, 0.15) is 31.9 Å². The summed E-state index contributed by atoms with van der Waals surface area (Å²) < 4.78 is 18.9. The van der Waals surface area contributed by atoms with Gasteiger partial charge in [-0.2, -0.15) is 5.10 Å². The van der Waals surface area contributed by atoms with Crippen LogP contribution in [0.25, 0.3) is 0 Å². The zero-order valence-corrected chi connectivity index (χ0v) is 9.88. The molecular weight excluding hydrogens is 219 g/mol. The molecule has 0 N–H and O–H groups in total. The van der Waals surface area contributed by atoms with E-state index < -0.39 is 0 Å². The molecule has 2 fully saturated rings. The first-order valence-electron chi connectivity index (χ1n) is 6.33. The van der Waals surface area contributed by atoms with Crippen LogP contribution in [0.4, 0.5) is 0 Å². The van der Waals surface area contributed by atoms with E-state index in [9.17, 15) is 0 Å². The van der Waals surface area contributed by atoms with Crippen molar-refractivity contribution in [1.29, 1.82) is 0 Å². The fraction of sp³-hybridized carbons (Fsp3) is 0.727. The third kappa shape index (κ3) is 2.39. The predicted octanol–water partition coefficient (Wildman–Crippen LogP) is 0.714. The zero-order valence-electron chi connectivity index (χ0n) is 9.88. The van der Waals surface area contributed by atoms with Gasteiger partial charge in [0.15, 0.2) is 0 Å². The average Bonchev–Trinajstić information content (AvgIpc) is 2.90. The molecule has 1 aromatic rings. The maximum atomic E-state index is 5.74. The topological polar surface area (TPSA) is 45.5 Å². The van der Waals surface area contributed by atoms with Gasteiger partial charge in [-0.3, -0.25) is 0 Å². The Morgan fingerprint density at radius 2 is 2.06 bits per heavy atom. The molecule has 1 atom stereocenters. The van der Waals surface area contributed by atoms with Gasteiger partial charge >= 0.3 is 7.12 Å². The second-order valence-electron chi connectivity index (χ2n) is 4.45. The maximum absolute atomic E-state index is 5.74. The molecule has 2 aliphatic heterocycles. The van der Waals surface area contributed by atoms with E-state index >= 15 is 0 Å². The van der Waals surface area contributed by atoms with E-state index in [0.29, 0.717) is 0 Å². The van der Waals surface area contributed by atoms with Gasteiger partial charge in [0.1, 0.15) is 6.23 Å². The minimum absolute atomic E-state index is 0.0443. The third-order valence-electron chi connectivity index (χ3n) is 3.20. The highest BCUT2D eigenvalue weighted by molar-refractivity contribution is 6.60. The summed E-state index contributed by atoms with van der Waals surface area (Å²) in [5.41, 5.74) is 0.969. The first-order valence-corrected chi connectivity index (χ1v) is 6.33. The number of aromatic nitrogens is 2. The van der Waals surface area contributed by atoms with Crippen molar-refractivity contribution in [3.63, 3.8) is 0 Å². The SMILES string of the molecule is c1cc(B2OCCCO2)n(C2CCCCO2)n1. The van der Waals surface area contributed by atoms with Crippen molar-refractivity contribution in [3.05, 3.63) is 12.3 Å². The summed E-state index contributed by atoms with van der Waals surface area (Å²) in [6, 6.07) is 1.95. The Morgan fingerprint density at radius 1 is 1.18 bits per heavy atom. The highest BCUT2D eigenvalue weighted by atomic mass is 16.6. The number of hydrogen-bond donors (Lipinski definition) is 0. The lowest BCUT2D eigenvalue weighted by Crippen LogP contribution is -2.46. The second kappa shape index (κ2) is 5.20. The molecule has 0 bridgehead atoms. The van der Waals surface area contributed by atoms with Crippen LogP contribution in [0.2, 0.25) is 0 Å². The van der Waals surface area contributed by atoms with Crippen LogP contribution in [0.15, 0.2) is 12.3 Å². The number of rotatable bonds is 2. The monoisotopic (exact) mass is 236 g/mol. The smallest absolute Gasteiger partial charge is 0.406 e. The molecule has 0 radical (unpaired) electrons. The quantitative estimate of drug-likeness (QED) is 0.709. The van der Waals surface area contributed by atoms with E-state index in [0.717, 1.165) is 44.7 Å². The molecule has 2 aliphatic rings. The lowest BCUT2D eigenvalue weighted by atomic mass is 9.83. The van der Waals surface area contributed by atoms with Gasteiger partial charge in [0.2, 0.25) is 0 Å². The normalized spacial score (nSPS) is 26.1. The van der Waals surface area contributed by atoms with Crippen molar-refractivity contribution < 1.29 is 14.0 Å². The van der Waals surface area contributed by atoms with Gasteiger partial charge in [0.25, 0.3) is 0 Å². The number of ether oxygens (including phenoxy) is 1. The Bertz CT molecular complexity index is 327. The van der Waals surface area contributed by atoms with Crippen LogP contribution >= 0.6 is 0 Å². The summed E-state index contributed by atoms with van der Waals surface area (Å²) in [6.07, 6.45) is 6.14. The summed E-state index contributed by atoms with van der Waals surface area (Å²) in [4.78, 5) is 0. The zero-order chi connectivity index (χ0) is 11.5. The third-order valence-corrected chi connectivity index (χ3v) is 3.20. The Kier molecular flexibility index (Phi) is 3.45. The van der Waals surface area contributed by atoms with Gasteiger partial charge in [-0.1, -0.05) is 0 Å².